The fourth-order valence-electron chi connectivity index (χ4n) is 1.43. The molecule has 0 aromatic carbocycles. The van der Waals surface area contributed by atoms with Gasteiger partial charge in [-0.1, -0.05) is 0 Å². The van der Waals surface area contributed by atoms with E-state index >= 15 is 0 Å². The molecule has 1 saturated heterocycles. The Labute approximate surface area is 79.2 Å². The highest BCUT2D eigenvalue weighted by Crippen LogP contribution is 2.11. The van der Waals surface area contributed by atoms with Crippen molar-refractivity contribution in [1.29, 1.82) is 0 Å². The van der Waals surface area contributed by atoms with Crippen LogP contribution in [-0.4, -0.2) is 49.7 Å². The summed E-state index contributed by atoms with van der Waals surface area (Å²) in [4.78, 5) is 13.4. The van der Waals surface area contributed by atoms with Crippen molar-refractivity contribution in [2.75, 3.05) is 26.8 Å². The molecule has 1 aliphatic rings. The minimum atomic E-state index is -0.0177. The summed E-state index contributed by atoms with van der Waals surface area (Å²) in [6, 6.07) is 0.903. The van der Waals surface area contributed by atoms with Crippen LogP contribution in [0.4, 0.5) is 0 Å². The van der Waals surface area contributed by atoms with Crippen LogP contribution in [0.5, 0.6) is 0 Å². The lowest BCUT2D eigenvalue weighted by Crippen LogP contribution is -2.61. The van der Waals surface area contributed by atoms with Crippen molar-refractivity contribution in [2.24, 2.45) is 0 Å². The fraction of sp³-hybridized carbons (Fsp3) is 0.889. The summed E-state index contributed by atoms with van der Waals surface area (Å²) in [6.07, 6.45) is 0. The van der Waals surface area contributed by atoms with Crippen LogP contribution in [-0.2, 0) is 9.53 Å². The standard InChI is InChI=1S/C9H18N2O2/c1-7(2)11-4-8(5-11)10-9(12)6-13-3/h7-8H,4-6H2,1-3H3,(H,10,12). The van der Waals surface area contributed by atoms with Gasteiger partial charge in [0.1, 0.15) is 6.61 Å². The quantitative estimate of drug-likeness (QED) is 0.663. The number of ether oxygens (including phenoxy) is 1. The lowest BCUT2D eigenvalue weighted by Gasteiger charge is -2.42. The van der Waals surface area contributed by atoms with Gasteiger partial charge in [0.2, 0.25) is 5.91 Å². The predicted molar refractivity (Wildman–Crippen MR) is 50.5 cm³/mol. The number of hydrogen-bond donors (Lipinski definition) is 1. The first kappa shape index (κ1) is 10.5. The van der Waals surface area contributed by atoms with Crippen molar-refractivity contribution in [3.8, 4) is 0 Å². The second kappa shape index (κ2) is 4.58. The van der Waals surface area contributed by atoms with Gasteiger partial charge in [0.25, 0.3) is 0 Å². The number of carbonyl (C=O) groups is 1. The molecule has 0 unspecified atom stereocenters. The summed E-state index contributed by atoms with van der Waals surface area (Å²) < 4.78 is 4.72. The monoisotopic (exact) mass is 186 g/mol. The normalized spacial score (nSPS) is 18.8. The Morgan fingerprint density at radius 2 is 2.23 bits per heavy atom. The molecule has 1 fully saturated rings. The van der Waals surface area contributed by atoms with E-state index in [1.807, 2.05) is 0 Å². The summed E-state index contributed by atoms with van der Waals surface area (Å²) >= 11 is 0. The number of amides is 1. The van der Waals surface area contributed by atoms with Crippen LogP contribution in [0.1, 0.15) is 13.8 Å². The summed E-state index contributed by atoms with van der Waals surface area (Å²) in [7, 11) is 1.53. The Morgan fingerprint density at radius 3 is 2.69 bits per heavy atom. The highest BCUT2D eigenvalue weighted by molar-refractivity contribution is 5.77. The Hall–Kier alpha value is -0.610. The van der Waals surface area contributed by atoms with Gasteiger partial charge in [0.05, 0.1) is 6.04 Å². The summed E-state index contributed by atoms with van der Waals surface area (Å²) in [5, 5.41) is 2.90. The fourth-order valence-corrected chi connectivity index (χ4v) is 1.43. The zero-order valence-electron chi connectivity index (χ0n) is 8.54. The third-order valence-corrected chi connectivity index (χ3v) is 2.28. The second-order valence-corrected chi connectivity index (χ2v) is 3.75. The van der Waals surface area contributed by atoms with E-state index in [0.717, 1.165) is 13.1 Å². The largest absolute Gasteiger partial charge is 0.375 e. The van der Waals surface area contributed by atoms with Crippen LogP contribution >= 0.6 is 0 Å². The summed E-state index contributed by atoms with van der Waals surface area (Å²) in [6.45, 7) is 6.42. The molecule has 0 aliphatic carbocycles. The molecule has 1 aliphatic heterocycles. The molecule has 0 saturated carbocycles. The Balaban J connectivity index is 2.11. The molecule has 0 aromatic heterocycles. The first-order valence-electron chi connectivity index (χ1n) is 4.66. The number of methoxy groups -OCH3 is 1. The summed E-state index contributed by atoms with van der Waals surface area (Å²) in [5.74, 6) is -0.0177. The molecule has 0 bridgehead atoms. The topological polar surface area (TPSA) is 41.6 Å². The van der Waals surface area contributed by atoms with Gasteiger partial charge >= 0.3 is 0 Å². The third-order valence-electron chi connectivity index (χ3n) is 2.28. The number of rotatable bonds is 4. The van der Waals surface area contributed by atoms with Gasteiger partial charge < -0.3 is 10.1 Å². The molecule has 0 aromatic rings. The lowest BCUT2D eigenvalue weighted by atomic mass is 10.1. The van der Waals surface area contributed by atoms with Gasteiger partial charge in [-0.3, -0.25) is 9.69 Å². The van der Waals surface area contributed by atoms with Gasteiger partial charge in [0.15, 0.2) is 0 Å². The van der Waals surface area contributed by atoms with Gasteiger partial charge in [-0.25, -0.2) is 0 Å². The summed E-state index contributed by atoms with van der Waals surface area (Å²) in [5.41, 5.74) is 0. The van der Waals surface area contributed by atoms with E-state index in [1.165, 1.54) is 7.11 Å². The SMILES string of the molecule is COCC(=O)NC1CN(C(C)C)C1. The number of hydrogen-bond acceptors (Lipinski definition) is 3. The molecule has 0 spiro atoms. The Kier molecular flexibility index (Phi) is 3.69. The number of likely N-dealkylation sites (tertiary alicyclic amines) is 1. The van der Waals surface area contributed by atoms with E-state index < -0.39 is 0 Å². The van der Waals surface area contributed by atoms with E-state index in [2.05, 4.69) is 24.1 Å². The van der Waals surface area contributed by atoms with Crippen LogP contribution in [0.3, 0.4) is 0 Å². The van der Waals surface area contributed by atoms with Crippen molar-refractivity contribution < 1.29 is 9.53 Å². The molecule has 1 amide bonds. The van der Waals surface area contributed by atoms with E-state index in [1.54, 1.807) is 0 Å². The lowest BCUT2D eigenvalue weighted by molar-refractivity contribution is -0.126. The number of nitrogens with one attached hydrogen (secondary N) is 1. The van der Waals surface area contributed by atoms with E-state index in [9.17, 15) is 4.79 Å². The molecule has 4 nitrogen and oxygen atoms in total. The Morgan fingerprint density at radius 1 is 1.62 bits per heavy atom. The van der Waals surface area contributed by atoms with Crippen molar-refractivity contribution in [3.05, 3.63) is 0 Å². The molecule has 0 radical (unpaired) electrons. The van der Waals surface area contributed by atoms with E-state index in [-0.39, 0.29) is 12.5 Å². The molecule has 4 heteroatoms. The molecular formula is C9H18N2O2. The maximum atomic E-state index is 11.1. The maximum absolute atomic E-state index is 11.1. The van der Waals surface area contributed by atoms with Crippen molar-refractivity contribution in [2.45, 2.75) is 25.9 Å². The van der Waals surface area contributed by atoms with Crippen molar-refractivity contribution >= 4 is 5.91 Å². The minimum absolute atomic E-state index is 0.0177. The average molecular weight is 186 g/mol. The first-order chi connectivity index (χ1) is 6.13. The highest BCUT2D eigenvalue weighted by Gasteiger charge is 2.29. The van der Waals surface area contributed by atoms with Crippen LogP contribution in [0.2, 0.25) is 0 Å². The first-order valence-corrected chi connectivity index (χ1v) is 4.66. The maximum Gasteiger partial charge on any atom is 0.246 e. The predicted octanol–water partition coefficient (Wildman–Crippen LogP) is -0.158. The van der Waals surface area contributed by atoms with Gasteiger partial charge in [-0.15, -0.1) is 0 Å². The average Bonchev–Trinajstić information content (AvgIpc) is 1.95. The van der Waals surface area contributed by atoms with Gasteiger partial charge in [-0.2, -0.15) is 0 Å². The molecular weight excluding hydrogens is 168 g/mol. The van der Waals surface area contributed by atoms with Crippen LogP contribution in [0.15, 0.2) is 0 Å². The molecule has 1 rings (SSSR count). The molecule has 13 heavy (non-hydrogen) atoms. The molecule has 0 atom stereocenters. The Bertz CT molecular complexity index is 176. The van der Waals surface area contributed by atoms with E-state index in [0.29, 0.717) is 12.1 Å². The number of carbonyl (C=O) groups excluding carboxylic acids is 1. The zero-order valence-corrected chi connectivity index (χ0v) is 8.54. The second-order valence-electron chi connectivity index (χ2n) is 3.75. The molecule has 1 heterocycles. The minimum Gasteiger partial charge on any atom is -0.375 e. The van der Waals surface area contributed by atoms with Gasteiger partial charge in [-0.05, 0) is 13.8 Å². The third kappa shape index (κ3) is 2.97. The van der Waals surface area contributed by atoms with Crippen molar-refractivity contribution in [3.63, 3.8) is 0 Å². The van der Waals surface area contributed by atoms with Crippen LogP contribution < -0.4 is 5.32 Å². The van der Waals surface area contributed by atoms with Crippen LogP contribution in [0, 0.1) is 0 Å². The highest BCUT2D eigenvalue weighted by atomic mass is 16.5. The van der Waals surface area contributed by atoms with Crippen LogP contribution in [0.25, 0.3) is 0 Å². The smallest absolute Gasteiger partial charge is 0.246 e. The van der Waals surface area contributed by atoms with E-state index in [4.69, 9.17) is 4.74 Å². The van der Waals surface area contributed by atoms with Gasteiger partial charge in [0, 0.05) is 26.2 Å². The molecule has 76 valence electrons. The van der Waals surface area contributed by atoms with Crippen molar-refractivity contribution in [1.82, 2.24) is 10.2 Å². The molecule has 1 N–H and O–H groups in total. The zero-order chi connectivity index (χ0) is 9.84. The number of nitrogens with zero attached hydrogens (tertiary/aromatic N) is 1.